The maximum absolute atomic E-state index is 4.93. The van der Waals surface area contributed by atoms with Crippen LogP contribution in [0.1, 0.15) is 44.4 Å². The van der Waals surface area contributed by atoms with E-state index in [-0.39, 0.29) is 5.41 Å². The van der Waals surface area contributed by atoms with Gasteiger partial charge in [0, 0.05) is 9.52 Å². The molecule has 0 aromatic heterocycles. The van der Waals surface area contributed by atoms with Gasteiger partial charge in [-0.2, -0.15) is 18.2 Å². The topological polar surface area (TPSA) is 0 Å². The number of fused-ring (bicyclic) bond motifs is 2. The molecule has 0 saturated carbocycles. The fourth-order valence-corrected chi connectivity index (χ4v) is 4.32. The molecule has 0 amide bonds. The normalized spacial score (nSPS) is 10.4. The molecule has 2 radical (unpaired) electrons. The number of halogens is 2. The minimum absolute atomic E-state index is 0.213. The first kappa shape index (κ1) is 31.8. The van der Waals surface area contributed by atoms with E-state index in [4.69, 9.17) is 17.0 Å². The molecule has 192 valence electrons. The first-order valence-electron chi connectivity index (χ1n) is 12.6. The summed E-state index contributed by atoms with van der Waals surface area (Å²) >= 11 is -0.826. The van der Waals surface area contributed by atoms with Crippen LogP contribution in [0.5, 0.6) is 0 Å². The van der Waals surface area contributed by atoms with Gasteiger partial charge in [0.05, 0.1) is 0 Å². The van der Waals surface area contributed by atoms with Gasteiger partial charge in [-0.1, -0.05) is 95.2 Å². The van der Waals surface area contributed by atoms with Crippen molar-refractivity contribution in [3.63, 3.8) is 0 Å². The van der Waals surface area contributed by atoms with E-state index in [1.165, 1.54) is 49.4 Å². The van der Waals surface area contributed by atoms with E-state index < -0.39 is 20.8 Å². The molecule has 0 unspecified atom stereocenters. The second kappa shape index (κ2) is 15.8. The summed E-state index contributed by atoms with van der Waals surface area (Å²) in [5.41, 5.74) is 7.04. The van der Waals surface area contributed by atoms with Crippen LogP contribution in [-0.2, 0) is 32.7 Å². The molecule has 0 spiro atoms. The minimum atomic E-state index is -0.826. The zero-order valence-electron chi connectivity index (χ0n) is 23.1. The van der Waals surface area contributed by atoms with E-state index in [0.717, 1.165) is 15.9 Å². The number of benzene rings is 3. The van der Waals surface area contributed by atoms with Gasteiger partial charge in [0.25, 0.3) is 0 Å². The molecule has 0 atom stereocenters. The molecule has 0 heterocycles. The predicted octanol–water partition coefficient (Wildman–Crippen LogP) is 11.1. The zero-order valence-corrected chi connectivity index (χ0v) is 28.1. The van der Waals surface area contributed by atoms with Crippen molar-refractivity contribution in [2.75, 3.05) is 0 Å². The molecule has 0 aliphatic heterocycles. The summed E-state index contributed by atoms with van der Waals surface area (Å²) in [6, 6.07) is 33.0. The second-order valence-electron chi connectivity index (χ2n) is 10.0. The van der Waals surface area contributed by atoms with E-state index in [2.05, 4.69) is 139 Å². The Morgan fingerprint density at radius 1 is 0.838 bits per heavy atom. The molecule has 0 saturated heterocycles. The van der Waals surface area contributed by atoms with Crippen LogP contribution in [0.3, 0.4) is 0 Å². The third-order valence-electron chi connectivity index (χ3n) is 6.11. The van der Waals surface area contributed by atoms with Gasteiger partial charge in [-0.05, 0) is 23.0 Å². The van der Waals surface area contributed by atoms with Crippen molar-refractivity contribution in [2.45, 2.75) is 59.5 Å². The van der Waals surface area contributed by atoms with Crippen molar-refractivity contribution >= 4 is 48.1 Å². The van der Waals surface area contributed by atoms with E-state index >= 15 is 0 Å². The molecule has 5 aromatic carbocycles. The third kappa shape index (κ3) is 9.36. The molecular weight excluding hydrogens is 587 g/mol. The van der Waals surface area contributed by atoms with Crippen LogP contribution in [0.25, 0.3) is 32.7 Å². The predicted molar refractivity (Wildman–Crippen MR) is 167 cm³/mol. The Hall–Kier alpha value is -1.44. The Morgan fingerprint density at radius 2 is 1.43 bits per heavy atom. The fraction of sp³-hybridized carbons (Fsp3) is 0.273. The molecule has 0 N–H and O–H groups in total. The summed E-state index contributed by atoms with van der Waals surface area (Å²) in [6.45, 7) is 15.4. The van der Waals surface area contributed by atoms with Gasteiger partial charge in [0.15, 0.2) is 0 Å². The van der Waals surface area contributed by atoms with Gasteiger partial charge < -0.3 is 0 Å². The fourth-order valence-electron chi connectivity index (χ4n) is 4.32. The summed E-state index contributed by atoms with van der Waals surface area (Å²) in [6.07, 6.45) is 1.13. The summed E-state index contributed by atoms with van der Waals surface area (Å²) in [5.74, 6) is 0. The third-order valence-corrected chi connectivity index (χ3v) is 6.11. The van der Waals surface area contributed by atoms with Gasteiger partial charge >= 0.3 is 37.9 Å². The molecule has 0 aliphatic rings. The van der Waals surface area contributed by atoms with Gasteiger partial charge in [0.2, 0.25) is 0 Å². The Labute approximate surface area is 245 Å². The number of aryl methyl sites for hydroxylation is 2. The SMILES string of the molecule is CC(C)(C)c1ccc(-c2cccc3[cH-]ccc23)cc1.CCc1cccc2[cH-]c(C)cc12.C[Si]C.[Cl][Zr+2][Cl]. The van der Waals surface area contributed by atoms with Crippen molar-refractivity contribution in [1.82, 2.24) is 0 Å². The van der Waals surface area contributed by atoms with Crippen LogP contribution >= 0.6 is 17.0 Å². The molecular formula is C33H38Cl2SiZr. The standard InChI is InChI=1S/C19H19.C12H13.C2H6Si.2ClH.Zr/c1-19(2,3)16-12-10-15(11-13-16)18-9-5-7-14-6-4-8-17(14)18;1-3-10-5-4-6-11-7-9(2)8-12(10)11;1-3-2;;;/h4-13H,1-3H3;4-8H,3H2,1-2H3;1-2H3;2*1H;/q2*-1;;;;+4/p-2. The van der Waals surface area contributed by atoms with Crippen molar-refractivity contribution < 1.29 is 20.8 Å². The summed E-state index contributed by atoms with van der Waals surface area (Å²) in [7, 11) is 11.0. The Morgan fingerprint density at radius 3 is 2.03 bits per heavy atom. The molecule has 0 nitrogen and oxygen atoms in total. The van der Waals surface area contributed by atoms with Crippen LogP contribution in [0.2, 0.25) is 13.1 Å². The molecule has 0 fully saturated rings. The number of rotatable bonds is 2. The van der Waals surface area contributed by atoms with Crippen molar-refractivity contribution in [1.29, 1.82) is 0 Å². The summed E-state index contributed by atoms with van der Waals surface area (Å²) < 4.78 is 0. The van der Waals surface area contributed by atoms with Gasteiger partial charge in [-0.3, -0.25) is 0 Å². The van der Waals surface area contributed by atoms with Gasteiger partial charge in [-0.25, -0.2) is 0 Å². The Balaban J connectivity index is 0.000000229. The van der Waals surface area contributed by atoms with E-state index in [9.17, 15) is 0 Å². The van der Waals surface area contributed by atoms with Crippen LogP contribution < -0.4 is 0 Å². The van der Waals surface area contributed by atoms with E-state index in [0.29, 0.717) is 0 Å². The quantitative estimate of drug-likeness (QED) is 0.135. The van der Waals surface area contributed by atoms with Crippen molar-refractivity contribution in [3.05, 3.63) is 108 Å². The Bertz CT molecular complexity index is 1340. The number of hydrogen-bond acceptors (Lipinski definition) is 0. The van der Waals surface area contributed by atoms with Gasteiger partial charge in [0.1, 0.15) is 0 Å². The molecule has 5 rings (SSSR count). The Kier molecular flexibility index (Phi) is 13.6. The average Bonchev–Trinajstić information content (AvgIpc) is 3.50. The summed E-state index contributed by atoms with van der Waals surface area (Å²) in [5, 5.41) is 5.47. The van der Waals surface area contributed by atoms with E-state index in [1.807, 2.05) is 0 Å². The van der Waals surface area contributed by atoms with Crippen molar-refractivity contribution in [3.8, 4) is 11.1 Å². The van der Waals surface area contributed by atoms with Crippen LogP contribution in [0, 0.1) is 6.92 Å². The maximum atomic E-state index is 4.93. The summed E-state index contributed by atoms with van der Waals surface area (Å²) in [4.78, 5) is 0. The zero-order chi connectivity index (χ0) is 27.4. The second-order valence-corrected chi connectivity index (χ2v) is 14.8. The van der Waals surface area contributed by atoms with Gasteiger partial charge in [-0.15, -0.1) is 63.5 Å². The van der Waals surface area contributed by atoms with Crippen LogP contribution in [0.15, 0.2) is 91.0 Å². The molecule has 5 aromatic rings. The molecule has 4 heteroatoms. The molecule has 0 aliphatic carbocycles. The average molecular weight is 625 g/mol. The molecule has 0 bridgehead atoms. The monoisotopic (exact) mass is 622 g/mol. The first-order chi connectivity index (χ1) is 17.7. The number of hydrogen-bond donors (Lipinski definition) is 0. The van der Waals surface area contributed by atoms with Crippen molar-refractivity contribution in [2.24, 2.45) is 0 Å². The van der Waals surface area contributed by atoms with Crippen LogP contribution in [-0.4, -0.2) is 9.52 Å². The molecule has 37 heavy (non-hydrogen) atoms. The first-order valence-corrected chi connectivity index (χ1v) is 21.0. The van der Waals surface area contributed by atoms with E-state index in [1.54, 1.807) is 0 Å². The van der Waals surface area contributed by atoms with Crippen LogP contribution in [0.4, 0.5) is 0 Å².